The summed E-state index contributed by atoms with van der Waals surface area (Å²) < 4.78 is 10.8. The predicted molar refractivity (Wildman–Crippen MR) is 74.3 cm³/mol. The van der Waals surface area contributed by atoms with Crippen molar-refractivity contribution in [3.63, 3.8) is 0 Å². The molecule has 2 rings (SSSR count). The van der Waals surface area contributed by atoms with Gasteiger partial charge in [-0.2, -0.15) is 0 Å². The largest absolute Gasteiger partial charge is 0.390 e. The molecule has 0 aliphatic carbocycles. The third kappa shape index (κ3) is 5.36. The molecule has 0 radical (unpaired) electrons. The van der Waals surface area contributed by atoms with Crippen molar-refractivity contribution in [1.82, 2.24) is 9.80 Å². The molecule has 2 saturated heterocycles. The number of β-amino-alcohol motifs (C(OH)–C–C–N with tert-alkyl or cyclic N) is 1. The molecule has 2 heterocycles. The molecule has 0 bridgehead atoms. The van der Waals surface area contributed by atoms with E-state index in [4.69, 9.17) is 9.47 Å². The van der Waals surface area contributed by atoms with Crippen molar-refractivity contribution in [1.29, 1.82) is 0 Å². The molecule has 2 atom stereocenters. The monoisotopic (exact) mass is 272 g/mol. The second-order valence-electron chi connectivity index (χ2n) is 5.64. The molecule has 5 heteroatoms. The van der Waals surface area contributed by atoms with E-state index in [2.05, 4.69) is 9.80 Å². The van der Waals surface area contributed by atoms with Gasteiger partial charge in [-0.15, -0.1) is 0 Å². The summed E-state index contributed by atoms with van der Waals surface area (Å²) in [5.74, 6) is 0.649. The van der Waals surface area contributed by atoms with E-state index < -0.39 is 0 Å². The van der Waals surface area contributed by atoms with E-state index in [0.29, 0.717) is 5.92 Å². The topological polar surface area (TPSA) is 45.2 Å². The van der Waals surface area contributed by atoms with E-state index in [-0.39, 0.29) is 6.10 Å². The molecular formula is C14H28N2O3. The van der Waals surface area contributed by atoms with Gasteiger partial charge in [-0.3, -0.25) is 4.90 Å². The molecule has 0 aromatic rings. The molecule has 0 saturated carbocycles. The lowest BCUT2D eigenvalue weighted by atomic mass is 10.1. The molecule has 19 heavy (non-hydrogen) atoms. The molecule has 0 spiro atoms. The van der Waals surface area contributed by atoms with Crippen LogP contribution in [0.5, 0.6) is 0 Å². The number of nitrogens with zero attached hydrogens (tertiary/aromatic N) is 2. The first-order valence-corrected chi connectivity index (χ1v) is 7.56. The van der Waals surface area contributed by atoms with Gasteiger partial charge in [0.1, 0.15) is 0 Å². The number of rotatable bonds is 7. The third-order valence-electron chi connectivity index (χ3n) is 3.97. The number of aliphatic hydroxyl groups is 1. The van der Waals surface area contributed by atoms with E-state index in [9.17, 15) is 5.11 Å². The fourth-order valence-electron chi connectivity index (χ4n) is 2.94. The van der Waals surface area contributed by atoms with Gasteiger partial charge in [0.05, 0.1) is 25.9 Å². The van der Waals surface area contributed by atoms with Crippen molar-refractivity contribution >= 4 is 0 Å². The summed E-state index contributed by atoms with van der Waals surface area (Å²) in [6.07, 6.45) is 0.952. The van der Waals surface area contributed by atoms with E-state index in [1.807, 2.05) is 6.92 Å². The zero-order valence-corrected chi connectivity index (χ0v) is 12.1. The normalized spacial score (nSPS) is 27.8. The molecule has 0 amide bonds. The van der Waals surface area contributed by atoms with Gasteiger partial charge in [0, 0.05) is 39.3 Å². The minimum absolute atomic E-state index is 0.246. The van der Waals surface area contributed by atoms with Crippen molar-refractivity contribution in [3.8, 4) is 0 Å². The lowest BCUT2D eigenvalue weighted by Crippen LogP contribution is -2.44. The Bertz CT molecular complexity index is 247. The minimum atomic E-state index is -0.246. The van der Waals surface area contributed by atoms with Crippen LogP contribution in [0.2, 0.25) is 0 Å². The molecular weight excluding hydrogens is 244 g/mol. The molecule has 2 aliphatic heterocycles. The lowest BCUT2D eigenvalue weighted by Gasteiger charge is -2.30. The average molecular weight is 272 g/mol. The van der Waals surface area contributed by atoms with Crippen LogP contribution in [0.1, 0.15) is 13.3 Å². The van der Waals surface area contributed by atoms with Crippen LogP contribution in [0, 0.1) is 5.92 Å². The second-order valence-corrected chi connectivity index (χ2v) is 5.64. The Hall–Kier alpha value is -0.200. The highest BCUT2D eigenvalue weighted by Crippen LogP contribution is 2.16. The van der Waals surface area contributed by atoms with Crippen LogP contribution >= 0.6 is 0 Å². The van der Waals surface area contributed by atoms with Crippen LogP contribution < -0.4 is 0 Å². The number of morpholine rings is 1. The van der Waals surface area contributed by atoms with Gasteiger partial charge in [0.2, 0.25) is 0 Å². The Kier molecular flexibility index (Phi) is 6.53. The highest BCUT2D eigenvalue weighted by atomic mass is 16.5. The molecule has 5 nitrogen and oxygen atoms in total. The Labute approximate surface area is 116 Å². The van der Waals surface area contributed by atoms with Crippen LogP contribution in [0.15, 0.2) is 0 Å². The maximum atomic E-state index is 10.2. The fraction of sp³-hybridized carbons (Fsp3) is 1.00. The van der Waals surface area contributed by atoms with Gasteiger partial charge in [0.15, 0.2) is 0 Å². The van der Waals surface area contributed by atoms with Crippen LogP contribution in [0.3, 0.4) is 0 Å². The van der Waals surface area contributed by atoms with Crippen LogP contribution in [-0.4, -0.2) is 86.7 Å². The first-order chi connectivity index (χ1) is 9.28. The van der Waals surface area contributed by atoms with Gasteiger partial charge in [-0.1, -0.05) is 0 Å². The van der Waals surface area contributed by atoms with Gasteiger partial charge in [-0.25, -0.2) is 0 Å². The molecule has 0 aromatic heterocycles. The fourth-order valence-corrected chi connectivity index (χ4v) is 2.94. The van der Waals surface area contributed by atoms with Gasteiger partial charge in [0.25, 0.3) is 0 Å². The van der Waals surface area contributed by atoms with E-state index >= 15 is 0 Å². The third-order valence-corrected chi connectivity index (χ3v) is 3.97. The maximum Gasteiger partial charge on any atom is 0.0793 e. The lowest BCUT2D eigenvalue weighted by molar-refractivity contribution is 0.00797. The van der Waals surface area contributed by atoms with E-state index in [1.165, 1.54) is 6.42 Å². The number of hydrogen-bond acceptors (Lipinski definition) is 5. The zero-order valence-electron chi connectivity index (χ0n) is 12.1. The number of likely N-dealkylation sites (tertiary alicyclic amines) is 1. The summed E-state index contributed by atoms with van der Waals surface area (Å²) in [5, 5.41) is 10.2. The number of ether oxygens (including phenoxy) is 2. The quantitative estimate of drug-likeness (QED) is 0.709. The molecule has 2 aliphatic rings. The van der Waals surface area contributed by atoms with Crippen LogP contribution in [0.25, 0.3) is 0 Å². The SMILES string of the molecule is CCOCC1CCN(CC(O)CN2CCOCC2)C1. The van der Waals surface area contributed by atoms with Crippen molar-refractivity contribution < 1.29 is 14.6 Å². The molecule has 2 unspecified atom stereocenters. The summed E-state index contributed by atoms with van der Waals surface area (Å²) in [7, 11) is 0. The van der Waals surface area contributed by atoms with Gasteiger partial charge in [-0.05, 0) is 25.8 Å². The summed E-state index contributed by atoms with van der Waals surface area (Å²) in [4.78, 5) is 4.66. The average Bonchev–Trinajstić information content (AvgIpc) is 2.85. The standard InChI is InChI=1S/C14H28N2O3/c1-2-18-12-13-3-4-16(9-13)11-14(17)10-15-5-7-19-8-6-15/h13-14,17H,2-12H2,1H3. The Morgan fingerprint density at radius 3 is 2.68 bits per heavy atom. The minimum Gasteiger partial charge on any atom is -0.390 e. The van der Waals surface area contributed by atoms with Crippen molar-refractivity contribution in [2.24, 2.45) is 5.92 Å². The zero-order chi connectivity index (χ0) is 13.5. The number of aliphatic hydroxyl groups excluding tert-OH is 1. The number of hydrogen-bond donors (Lipinski definition) is 1. The van der Waals surface area contributed by atoms with Crippen molar-refractivity contribution in [3.05, 3.63) is 0 Å². The molecule has 2 fully saturated rings. The van der Waals surface area contributed by atoms with E-state index in [1.54, 1.807) is 0 Å². The highest BCUT2D eigenvalue weighted by Gasteiger charge is 2.25. The first-order valence-electron chi connectivity index (χ1n) is 7.56. The summed E-state index contributed by atoms with van der Waals surface area (Å²) in [6.45, 7) is 10.9. The van der Waals surface area contributed by atoms with Crippen LogP contribution in [0.4, 0.5) is 0 Å². The first kappa shape index (κ1) is 15.2. The highest BCUT2D eigenvalue weighted by molar-refractivity contribution is 4.78. The second kappa shape index (κ2) is 8.17. The smallest absolute Gasteiger partial charge is 0.0793 e. The molecule has 0 aromatic carbocycles. The Balaban J connectivity index is 1.61. The molecule has 112 valence electrons. The maximum absolute atomic E-state index is 10.2. The summed E-state index contributed by atoms with van der Waals surface area (Å²) >= 11 is 0. The Morgan fingerprint density at radius 1 is 1.21 bits per heavy atom. The van der Waals surface area contributed by atoms with E-state index in [0.717, 1.165) is 65.7 Å². The summed E-state index contributed by atoms with van der Waals surface area (Å²) in [6, 6.07) is 0. The van der Waals surface area contributed by atoms with Crippen molar-refractivity contribution in [2.45, 2.75) is 19.4 Å². The molecule has 1 N–H and O–H groups in total. The Morgan fingerprint density at radius 2 is 1.95 bits per heavy atom. The van der Waals surface area contributed by atoms with Gasteiger partial charge < -0.3 is 19.5 Å². The van der Waals surface area contributed by atoms with Crippen LogP contribution in [-0.2, 0) is 9.47 Å². The van der Waals surface area contributed by atoms with Crippen molar-refractivity contribution in [2.75, 3.05) is 65.7 Å². The van der Waals surface area contributed by atoms with Gasteiger partial charge >= 0.3 is 0 Å². The summed E-state index contributed by atoms with van der Waals surface area (Å²) in [5.41, 5.74) is 0. The predicted octanol–water partition coefficient (Wildman–Crippen LogP) is 0.0379.